The van der Waals surface area contributed by atoms with E-state index in [9.17, 15) is 13.2 Å². The molecule has 2 aliphatic heterocycles. The van der Waals surface area contributed by atoms with Gasteiger partial charge in [-0.05, 0) is 44.6 Å². The molecule has 4 rings (SSSR count). The number of piperidine rings is 1. The Morgan fingerprint density at radius 3 is 2.52 bits per heavy atom. The summed E-state index contributed by atoms with van der Waals surface area (Å²) in [6.07, 6.45) is 7.63. The fraction of sp³-hybridized carbons (Fsp3) is 0.650. The van der Waals surface area contributed by atoms with Crippen molar-refractivity contribution in [1.29, 1.82) is 0 Å². The van der Waals surface area contributed by atoms with Crippen LogP contribution in [0.1, 0.15) is 56.6 Å². The molecule has 1 spiro atoms. The van der Waals surface area contributed by atoms with Crippen LogP contribution in [0.15, 0.2) is 24.3 Å². The van der Waals surface area contributed by atoms with Gasteiger partial charge in [0.2, 0.25) is 15.9 Å². The molecule has 2 fully saturated rings. The zero-order chi connectivity index (χ0) is 19.1. The molecule has 1 aromatic rings. The summed E-state index contributed by atoms with van der Waals surface area (Å²) < 4.78 is 31.2. The topological polar surface area (TPSA) is 75.7 Å². The number of para-hydroxylation sites is 1. The van der Waals surface area contributed by atoms with E-state index in [1.54, 1.807) is 0 Å². The Balaban J connectivity index is 1.46. The average molecular weight is 393 g/mol. The first-order valence-electron chi connectivity index (χ1n) is 9.90. The molecule has 1 saturated carbocycles. The summed E-state index contributed by atoms with van der Waals surface area (Å²) in [6, 6.07) is 7.96. The van der Waals surface area contributed by atoms with Gasteiger partial charge >= 0.3 is 0 Å². The van der Waals surface area contributed by atoms with Crippen molar-refractivity contribution in [3.8, 4) is 5.75 Å². The number of ether oxygens (including phenoxy) is 1. The molecule has 0 bridgehead atoms. The van der Waals surface area contributed by atoms with Gasteiger partial charge in [-0.2, -0.15) is 0 Å². The lowest BCUT2D eigenvalue weighted by Gasteiger charge is -2.41. The quantitative estimate of drug-likeness (QED) is 0.858. The first kappa shape index (κ1) is 18.7. The number of nitrogens with zero attached hydrogens (tertiary/aromatic N) is 1. The van der Waals surface area contributed by atoms with Gasteiger partial charge in [-0.1, -0.05) is 18.2 Å². The van der Waals surface area contributed by atoms with Gasteiger partial charge in [0.05, 0.1) is 12.3 Å². The van der Waals surface area contributed by atoms with Crippen LogP contribution in [0.3, 0.4) is 0 Å². The van der Waals surface area contributed by atoms with E-state index in [2.05, 4.69) is 5.32 Å². The molecular weight excluding hydrogens is 364 g/mol. The van der Waals surface area contributed by atoms with Crippen LogP contribution in [0.4, 0.5) is 0 Å². The number of hydrogen-bond donors (Lipinski definition) is 1. The summed E-state index contributed by atoms with van der Waals surface area (Å²) in [5, 5.41) is 3.26. The molecule has 2 heterocycles. The molecule has 27 heavy (non-hydrogen) atoms. The van der Waals surface area contributed by atoms with Crippen molar-refractivity contribution in [2.45, 2.75) is 56.6 Å². The number of amides is 1. The van der Waals surface area contributed by atoms with E-state index in [0.717, 1.165) is 30.6 Å². The lowest BCUT2D eigenvalue weighted by Crippen LogP contribution is -2.47. The Kier molecular flexibility index (Phi) is 4.93. The van der Waals surface area contributed by atoms with Gasteiger partial charge in [0.1, 0.15) is 11.4 Å². The van der Waals surface area contributed by atoms with Crippen molar-refractivity contribution < 1.29 is 17.9 Å². The van der Waals surface area contributed by atoms with Crippen molar-refractivity contribution >= 4 is 15.9 Å². The molecule has 1 N–H and O–H groups in total. The van der Waals surface area contributed by atoms with E-state index >= 15 is 0 Å². The fourth-order valence-electron chi connectivity index (χ4n) is 4.81. The van der Waals surface area contributed by atoms with Crippen LogP contribution in [-0.2, 0) is 14.8 Å². The van der Waals surface area contributed by atoms with Crippen molar-refractivity contribution in [3.05, 3.63) is 29.8 Å². The fourth-order valence-corrected chi connectivity index (χ4v) is 5.69. The molecule has 1 amide bonds. The summed E-state index contributed by atoms with van der Waals surface area (Å²) >= 11 is 0. The van der Waals surface area contributed by atoms with Crippen LogP contribution < -0.4 is 10.1 Å². The Hall–Kier alpha value is -1.60. The van der Waals surface area contributed by atoms with Gasteiger partial charge in [-0.15, -0.1) is 0 Å². The third kappa shape index (κ3) is 3.85. The summed E-state index contributed by atoms with van der Waals surface area (Å²) in [5.41, 5.74) is 0.906. The smallest absolute Gasteiger partial charge is 0.223 e. The molecular formula is C20H28N2O4S. The highest BCUT2D eigenvalue weighted by Gasteiger charge is 2.44. The predicted octanol–water partition coefficient (Wildman–Crippen LogP) is 2.61. The van der Waals surface area contributed by atoms with Crippen LogP contribution in [0.5, 0.6) is 5.75 Å². The van der Waals surface area contributed by atoms with Crippen LogP contribution in [0.25, 0.3) is 0 Å². The third-order valence-electron chi connectivity index (χ3n) is 6.32. The van der Waals surface area contributed by atoms with E-state index in [0.29, 0.717) is 25.9 Å². The number of sulfonamides is 1. The molecule has 3 aliphatic rings. The number of hydrogen-bond acceptors (Lipinski definition) is 4. The van der Waals surface area contributed by atoms with Crippen molar-refractivity contribution in [3.63, 3.8) is 0 Å². The highest BCUT2D eigenvalue weighted by atomic mass is 32.2. The Morgan fingerprint density at radius 2 is 1.85 bits per heavy atom. The Morgan fingerprint density at radius 1 is 1.19 bits per heavy atom. The summed E-state index contributed by atoms with van der Waals surface area (Å²) in [5.74, 6) is 0.804. The van der Waals surface area contributed by atoms with Crippen LogP contribution >= 0.6 is 0 Å². The molecule has 1 aliphatic carbocycles. The molecule has 1 atom stereocenters. The molecule has 0 radical (unpaired) electrons. The highest BCUT2D eigenvalue weighted by molar-refractivity contribution is 7.88. The van der Waals surface area contributed by atoms with E-state index in [1.165, 1.54) is 23.4 Å². The maximum absolute atomic E-state index is 12.9. The van der Waals surface area contributed by atoms with Gasteiger partial charge in [-0.25, -0.2) is 12.7 Å². The van der Waals surface area contributed by atoms with Gasteiger partial charge in [0.25, 0.3) is 0 Å². The predicted molar refractivity (Wildman–Crippen MR) is 103 cm³/mol. The SMILES string of the molecule is CS(=O)(=O)N1CCC(C(=O)NC2CC3(CCCC3)Oc3ccccc32)CC1. The summed E-state index contributed by atoms with van der Waals surface area (Å²) in [6.45, 7) is 0.844. The molecule has 148 valence electrons. The standard InChI is InChI=1S/C20H28N2O4S/c1-27(24,25)22-12-8-15(9-13-22)19(23)21-17-14-20(10-4-5-11-20)26-18-7-3-2-6-16(17)18/h2-3,6-7,15,17H,4-5,8-14H2,1H3,(H,21,23). The van der Waals surface area contributed by atoms with Crippen LogP contribution in [-0.4, -0.2) is 43.6 Å². The Labute approximate surface area is 161 Å². The largest absolute Gasteiger partial charge is 0.487 e. The third-order valence-corrected chi connectivity index (χ3v) is 7.63. The Bertz CT molecular complexity index is 809. The van der Waals surface area contributed by atoms with E-state index < -0.39 is 10.0 Å². The minimum Gasteiger partial charge on any atom is -0.487 e. The van der Waals surface area contributed by atoms with Gasteiger partial charge in [-0.3, -0.25) is 4.79 Å². The zero-order valence-electron chi connectivity index (χ0n) is 15.8. The number of carbonyl (C=O) groups excluding carboxylic acids is 1. The van der Waals surface area contributed by atoms with Crippen molar-refractivity contribution in [2.24, 2.45) is 5.92 Å². The lowest BCUT2D eigenvalue weighted by molar-refractivity contribution is -0.127. The van der Waals surface area contributed by atoms with Crippen molar-refractivity contribution in [2.75, 3.05) is 19.3 Å². The molecule has 6 nitrogen and oxygen atoms in total. The second-order valence-corrected chi connectivity index (χ2v) is 10.2. The van der Waals surface area contributed by atoms with E-state index in [1.807, 2.05) is 24.3 Å². The van der Waals surface area contributed by atoms with Gasteiger partial charge in [0, 0.05) is 31.0 Å². The molecule has 0 aromatic heterocycles. The van der Waals surface area contributed by atoms with Crippen LogP contribution in [0, 0.1) is 5.92 Å². The molecule has 1 saturated heterocycles. The highest BCUT2D eigenvalue weighted by Crippen LogP contribution is 2.47. The lowest BCUT2D eigenvalue weighted by atomic mass is 9.85. The normalized spacial score (nSPS) is 25.7. The first-order valence-corrected chi connectivity index (χ1v) is 11.7. The number of nitrogens with one attached hydrogen (secondary N) is 1. The minimum absolute atomic E-state index is 0.0338. The second kappa shape index (κ2) is 7.09. The number of rotatable bonds is 3. The molecule has 1 unspecified atom stereocenters. The van der Waals surface area contributed by atoms with E-state index in [4.69, 9.17) is 4.74 Å². The number of benzene rings is 1. The second-order valence-electron chi connectivity index (χ2n) is 8.23. The maximum Gasteiger partial charge on any atom is 0.223 e. The van der Waals surface area contributed by atoms with Gasteiger partial charge < -0.3 is 10.1 Å². The number of fused-ring (bicyclic) bond motifs is 1. The van der Waals surface area contributed by atoms with E-state index in [-0.39, 0.29) is 23.5 Å². The number of carbonyl (C=O) groups is 1. The summed E-state index contributed by atoms with van der Waals surface area (Å²) in [4.78, 5) is 12.9. The minimum atomic E-state index is -3.17. The molecule has 1 aromatic carbocycles. The van der Waals surface area contributed by atoms with Crippen molar-refractivity contribution in [1.82, 2.24) is 9.62 Å². The summed E-state index contributed by atoms with van der Waals surface area (Å²) in [7, 11) is -3.17. The first-order chi connectivity index (χ1) is 12.9. The van der Waals surface area contributed by atoms with Gasteiger partial charge in [0.15, 0.2) is 0 Å². The molecule has 7 heteroatoms. The monoisotopic (exact) mass is 392 g/mol. The average Bonchev–Trinajstić information content (AvgIpc) is 3.08. The maximum atomic E-state index is 12.9. The van der Waals surface area contributed by atoms with Crippen LogP contribution in [0.2, 0.25) is 0 Å². The zero-order valence-corrected chi connectivity index (χ0v) is 16.6.